The molecule has 22 heavy (non-hydrogen) atoms. The minimum atomic E-state index is -1.26. The van der Waals surface area contributed by atoms with Crippen LogP contribution in [0.25, 0.3) is 0 Å². The maximum atomic E-state index is 12.6. The molecule has 1 aliphatic heterocycles. The van der Waals surface area contributed by atoms with Crippen LogP contribution in [0.3, 0.4) is 0 Å². The number of hydrogen-bond donors (Lipinski definition) is 0. The van der Waals surface area contributed by atoms with E-state index in [1.807, 2.05) is 0 Å². The van der Waals surface area contributed by atoms with Crippen molar-refractivity contribution in [3.05, 3.63) is 34.3 Å². The fraction of sp³-hybridized carbons (Fsp3) is 0.438. The minimum absolute atomic E-state index is 0.118. The molecule has 1 heterocycles. The number of Topliss-reactive ketones (excluding diaryl/α,β-unsaturated/α-hetero) is 1. The third-order valence-electron chi connectivity index (χ3n) is 3.88. The zero-order chi connectivity index (χ0) is 16.5. The highest BCUT2D eigenvalue weighted by atomic mass is 79.9. The van der Waals surface area contributed by atoms with Gasteiger partial charge >= 0.3 is 11.9 Å². The lowest BCUT2D eigenvalue weighted by Crippen LogP contribution is -2.48. The molecule has 0 saturated carbocycles. The van der Waals surface area contributed by atoms with Gasteiger partial charge in [0, 0.05) is 4.47 Å². The Kier molecular flexibility index (Phi) is 4.70. The van der Waals surface area contributed by atoms with Crippen molar-refractivity contribution in [3.63, 3.8) is 0 Å². The number of benzene rings is 1. The Morgan fingerprint density at radius 1 is 1.27 bits per heavy atom. The summed E-state index contributed by atoms with van der Waals surface area (Å²) in [5, 5.41) is 0. The molecule has 5 nitrogen and oxygen atoms in total. The Morgan fingerprint density at radius 3 is 2.41 bits per heavy atom. The minimum Gasteiger partial charge on any atom is -0.469 e. The number of ketones is 1. The van der Waals surface area contributed by atoms with Gasteiger partial charge in [0.25, 0.3) is 0 Å². The maximum Gasteiger partial charge on any atom is 0.319 e. The summed E-state index contributed by atoms with van der Waals surface area (Å²) < 4.78 is 11.0. The average molecular weight is 369 g/mol. The second-order valence-electron chi connectivity index (χ2n) is 5.75. The molecule has 2 atom stereocenters. The van der Waals surface area contributed by atoms with Gasteiger partial charge in [0.2, 0.25) is 0 Å². The number of halogens is 1. The number of cyclic esters (lactones) is 1. The highest BCUT2D eigenvalue weighted by Crippen LogP contribution is 2.41. The van der Waals surface area contributed by atoms with Crippen LogP contribution in [0.2, 0.25) is 0 Å². The second-order valence-corrected chi connectivity index (χ2v) is 6.67. The summed E-state index contributed by atoms with van der Waals surface area (Å²) >= 11 is 3.33. The van der Waals surface area contributed by atoms with Crippen LogP contribution in [0.15, 0.2) is 28.7 Å². The van der Waals surface area contributed by atoms with Crippen molar-refractivity contribution >= 4 is 33.7 Å². The third-order valence-corrected chi connectivity index (χ3v) is 4.40. The summed E-state index contributed by atoms with van der Waals surface area (Å²) in [5.41, 5.74) is -0.584. The van der Waals surface area contributed by atoms with Crippen molar-refractivity contribution in [1.29, 1.82) is 0 Å². The molecule has 0 unspecified atom stereocenters. The van der Waals surface area contributed by atoms with E-state index < -0.39 is 29.4 Å². The molecule has 0 aliphatic carbocycles. The van der Waals surface area contributed by atoms with Gasteiger partial charge in [-0.15, -0.1) is 0 Å². The van der Waals surface area contributed by atoms with Gasteiger partial charge < -0.3 is 9.47 Å². The molecule has 0 aromatic heterocycles. The van der Waals surface area contributed by atoms with Crippen LogP contribution >= 0.6 is 15.9 Å². The summed E-state index contributed by atoms with van der Waals surface area (Å²) in [6.07, 6.45) is -0.896. The Balaban J connectivity index is 2.39. The van der Waals surface area contributed by atoms with Gasteiger partial charge in [-0.25, -0.2) is 0 Å². The smallest absolute Gasteiger partial charge is 0.319 e. The fourth-order valence-electron chi connectivity index (χ4n) is 2.46. The maximum absolute atomic E-state index is 12.6. The quantitative estimate of drug-likeness (QED) is 0.605. The Labute approximate surface area is 137 Å². The van der Waals surface area contributed by atoms with Crippen LogP contribution in [0.1, 0.15) is 31.9 Å². The SMILES string of the molecule is COC(=O)C[C@@H]1C(=O)C(C)(C)C(=O)O[C@@H]1c1ccc(Br)cc1. The monoisotopic (exact) mass is 368 g/mol. The number of esters is 2. The molecule has 0 bridgehead atoms. The first kappa shape index (κ1) is 16.7. The van der Waals surface area contributed by atoms with Crippen LogP contribution in [0, 0.1) is 11.3 Å². The molecule has 1 fully saturated rings. The van der Waals surface area contributed by atoms with Crippen LogP contribution < -0.4 is 0 Å². The first-order valence-electron chi connectivity index (χ1n) is 6.85. The zero-order valence-corrected chi connectivity index (χ0v) is 14.2. The number of rotatable bonds is 3. The van der Waals surface area contributed by atoms with Crippen LogP contribution in [0.5, 0.6) is 0 Å². The lowest BCUT2D eigenvalue weighted by atomic mass is 9.74. The molecule has 1 saturated heterocycles. The molecular weight excluding hydrogens is 352 g/mol. The molecule has 0 radical (unpaired) electrons. The van der Waals surface area contributed by atoms with E-state index in [0.29, 0.717) is 5.56 Å². The number of carbonyl (C=O) groups excluding carboxylic acids is 3. The largest absolute Gasteiger partial charge is 0.469 e. The fourth-order valence-corrected chi connectivity index (χ4v) is 2.73. The topological polar surface area (TPSA) is 69.7 Å². The van der Waals surface area contributed by atoms with E-state index in [1.54, 1.807) is 24.3 Å². The number of hydrogen-bond acceptors (Lipinski definition) is 5. The van der Waals surface area contributed by atoms with Crippen LogP contribution in [0.4, 0.5) is 0 Å². The van der Waals surface area contributed by atoms with Crippen molar-refractivity contribution in [3.8, 4) is 0 Å². The second kappa shape index (κ2) is 6.20. The lowest BCUT2D eigenvalue weighted by molar-refractivity contribution is -0.181. The highest BCUT2D eigenvalue weighted by molar-refractivity contribution is 9.10. The van der Waals surface area contributed by atoms with Crippen molar-refractivity contribution in [2.45, 2.75) is 26.4 Å². The van der Waals surface area contributed by atoms with Gasteiger partial charge in [-0.05, 0) is 31.5 Å². The van der Waals surface area contributed by atoms with Crippen molar-refractivity contribution < 1.29 is 23.9 Å². The van der Waals surface area contributed by atoms with E-state index in [4.69, 9.17) is 4.74 Å². The molecule has 0 spiro atoms. The standard InChI is InChI=1S/C16H17BrO5/c1-16(2)14(19)11(8-12(18)21-3)13(22-15(16)20)9-4-6-10(17)7-5-9/h4-7,11,13H,8H2,1-3H3/t11-,13+/m0/s1. The molecule has 1 aliphatic rings. The molecule has 2 rings (SSSR count). The summed E-state index contributed by atoms with van der Waals surface area (Å²) in [6.45, 7) is 3.03. The van der Waals surface area contributed by atoms with Crippen molar-refractivity contribution in [2.24, 2.45) is 11.3 Å². The molecule has 1 aromatic rings. The Bertz CT molecular complexity index is 605. The van der Waals surface area contributed by atoms with E-state index in [2.05, 4.69) is 20.7 Å². The van der Waals surface area contributed by atoms with E-state index in [9.17, 15) is 14.4 Å². The van der Waals surface area contributed by atoms with Gasteiger partial charge in [0.05, 0.1) is 19.4 Å². The van der Waals surface area contributed by atoms with Crippen LogP contribution in [-0.4, -0.2) is 24.8 Å². The van der Waals surface area contributed by atoms with Gasteiger partial charge in [-0.2, -0.15) is 0 Å². The van der Waals surface area contributed by atoms with E-state index >= 15 is 0 Å². The first-order valence-corrected chi connectivity index (χ1v) is 7.64. The molecule has 118 valence electrons. The summed E-state index contributed by atoms with van der Waals surface area (Å²) in [5.74, 6) is -2.14. The Morgan fingerprint density at radius 2 is 1.86 bits per heavy atom. The van der Waals surface area contributed by atoms with Gasteiger partial charge in [0.15, 0.2) is 5.78 Å². The number of methoxy groups -OCH3 is 1. The molecular formula is C16H17BrO5. The molecule has 1 aromatic carbocycles. The predicted octanol–water partition coefficient (Wildman–Crippen LogP) is 2.82. The van der Waals surface area contributed by atoms with Crippen molar-refractivity contribution in [2.75, 3.05) is 7.11 Å². The van der Waals surface area contributed by atoms with Crippen molar-refractivity contribution in [1.82, 2.24) is 0 Å². The highest BCUT2D eigenvalue weighted by Gasteiger charge is 2.51. The molecule has 6 heteroatoms. The van der Waals surface area contributed by atoms with Gasteiger partial charge in [0.1, 0.15) is 11.5 Å². The zero-order valence-electron chi connectivity index (χ0n) is 12.6. The molecule has 0 N–H and O–H groups in total. The number of ether oxygens (including phenoxy) is 2. The van der Waals surface area contributed by atoms with Gasteiger partial charge in [-0.1, -0.05) is 28.1 Å². The summed E-state index contributed by atoms with van der Waals surface area (Å²) in [6, 6.07) is 7.11. The van der Waals surface area contributed by atoms with Crippen LogP contribution in [-0.2, 0) is 23.9 Å². The van der Waals surface area contributed by atoms with E-state index in [1.165, 1.54) is 21.0 Å². The van der Waals surface area contributed by atoms with E-state index in [0.717, 1.165) is 4.47 Å². The van der Waals surface area contributed by atoms with Gasteiger partial charge in [-0.3, -0.25) is 14.4 Å². The normalized spacial score (nSPS) is 23.8. The Hall–Kier alpha value is -1.69. The first-order chi connectivity index (χ1) is 10.3. The average Bonchev–Trinajstić information content (AvgIpc) is 2.49. The predicted molar refractivity (Wildman–Crippen MR) is 81.9 cm³/mol. The summed E-state index contributed by atoms with van der Waals surface area (Å²) in [7, 11) is 1.27. The summed E-state index contributed by atoms with van der Waals surface area (Å²) in [4.78, 5) is 36.4. The number of carbonyl (C=O) groups is 3. The lowest BCUT2D eigenvalue weighted by Gasteiger charge is -2.37. The van der Waals surface area contributed by atoms with E-state index in [-0.39, 0.29) is 12.2 Å². The third kappa shape index (κ3) is 3.06. The molecule has 0 amide bonds.